The summed E-state index contributed by atoms with van der Waals surface area (Å²) in [5.74, 6) is -3.63. The molecule has 1 N–H and O–H groups in total. The summed E-state index contributed by atoms with van der Waals surface area (Å²) in [6, 6.07) is 1.36. The number of carbonyl (C=O) groups excluding carboxylic acids is 1. The van der Waals surface area contributed by atoms with Crippen LogP contribution < -0.4 is 5.32 Å². The van der Waals surface area contributed by atoms with Gasteiger partial charge in [-0.25, -0.2) is 17.2 Å². The largest absolute Gasteiger partial charge is 0.352 e. The third kappa shape index (κ3) is 3.87. The van der Waals surface area contributed by atoms with Gasteiger partial charge in [-0.3, -0.25) is 4.79 Å². The molecule has 106 valence electrons. The van der Waals surface area contributed by atoms with E-state index in [1.807, 2.05) is 6.92 Å². The number of halogens is 3. The number of unbranched alkanes of at least 4 members (excludes halogenated alkanes) is 1. The average molecular weight is 312 g/mol. The first-order valence-corrected chi connectivity index (χ1v) is 7.80. The van der Waals surface area contributed by atoms with Crippen molar-refractivity contribution in [1.82, 2.24) is 5.32 Å². The number of hydrogen-bond acceptors (Lipinski definition) is 3. The van der Waals surface area contributed by atoms with E-state index in [-0.39, 0.29) is 6.54 Å². The minimum atomic E-state index is -4.38. The van der Waals surface area contributed by atoms with Crippen molar-refractivity contribution in [2.75, 3.05) is 6.54 Å². The molecule has 0 saturated carbocycles. The van der Waals surface area contributed by atoms with Gasteiger partial charge in [0.25, 0.3) is 15.0 Å². The van der Waals surface area contributed by atoms with Crippen molar-refractivity contribution < 1.29 is 22.0 Å². The summed E-state index contributed by atoms with van der Waals surface area (Å²) >= 11 is 0. The molecule has 0 aromatic heterocycles. The Kier molecular flexibility index (Phi) is 5.25. The molecule has 0 aliphatic rings. The first-order valence-electron chi connectivity index (χ1n) is 5.50. The van der Waals surface area contributed by atoms with E-state index in [1.54, 1.807) is 0 Å². The van der Waals surface area contributed by atoms with Gasteiger partial charge in [0, 0.05) is 17.2 Å². The summed E-state index contributed by atoms with van der Waals surface area (Å²) in [4.78, 5) is 10.7. The molecule has 0 heterocycles. The highest BCUT2D eigenvalue weighted by Gasteiger charge is 2.25. The smallest absolute Gasteiger partial charge is 0.264 e. The lowest BCUT2D eigenvalue weighted by molar-refractivity contribution is 0.0944. The van der Waals surface area contributed by atoms with Gasteiger partial charge in [0.15, 0.2) is 5.82 Å². The highest BCUT2D eigenvalue weighted by atomic mass is 35.7. The Morgan fingerprint density at radius 2 is 2.00 bits per heavy atom. The van der Waals surface area contributed by atoms with Gasteiger partial charge in [0.2, 0.25) is 0 Å². The number of nitrogens with one attached hydrogen (secondary N) is 1. The Balaban J connectivity index is 3.17. The zero-order valence-electron chi connectivity index (χ0n) is 10.0. The van der Waals surface area contributed by atoms with E-state index in [4.69, 9.17) is 10.7 Å². The number of rotatable bonds is 5. The summed E-state index contributed by atoms with van der Waals surface area (Å²) < 4.78 is 49.4. The molecule has 0 atom stereocenters. The van der Waals surface area contributed by atoms with Gasteiger partial charge in [-0.2, -0.15) is 0 Å². The zero-order valence-corrected chi connectivity index (χ0v) is 11.6. The fourth-order valence-electron chi connectivity index (χ4n) is 1.40. The maximum atomic E-state index is 13.8. The molecule has 0 bridgehead atoms. The van der Waals surface area contributed by atoms with Crippen molar-refractivity contribution >= 4 is 25.6 Å². The average Bonchev–Trinajstić information content (AvgIpc) is 2.27. The second kappa shape index (κ2) is 6.29. The molecule has 0 unspecified atom stereocenters. The predicted molar refractivity (Wildman–Crippen MR) is 66.6 cm³/mol. The number of benzene rings is 1. The van der Waals surface area contributed by atoms with Crippen molar-refractivity contribution in [2.24, 2.45) is 0 Å². The van der Waals surface area contributed by atoms with Crippen LogP contribution in [-0.2, 0) is 9.05 Å². The molecule has 8 heteroatoms. The predicted octanol–water partition coefficient (Wildman–Crippen LogP) is 2.42. The highest BCUT2D eigenvalue weighted by Crippen LogP contribution is 2.23. The Labute approximate surface area is 114 Å². The van der Waals surface area contributed by atoms with E-state index in [0.717, 1.165) is 6.42 Å². The highest BCUT2D eigenvalue weighted by molar-refractivity contribution is 8.13. The molecule has 0 radical (unpaired) electrons. The summed E-state index contributed by atoms with van der Waals surface area (Å²) in [7, 11) is 0.617. The summed E-state index contributed by atoms with van der Waals surface area (Å²) in [5.41, 5.74) is -0.946. The van der Waals surface area contributed by atoms with Gasteiger partial charge in [0.1, 0.15) is 16.3 Å². The lowest BCUT2D eigenvalue weighted by atomic mass is 10.2. The lowest BCUT2D eigenvalue weighted by Crippen LogP contribution is -2.27. The van der Waals surface area contributed by atoms with Crippen molar-refractivity contribution in [3.8, 4) is 0 Å². The quantitative estimate of drug-likeness (QED) is 0.671. The maximum Gasteiger partial charge on any atom is 0.264 e. The SMILES string of the molecule is CCCCNC(=O)c1c(F)ccc(S(=O)(=O)Cl)c1F. The number of amides is 1. The van der Waals surface area contributed by atoms with Gasteiger partial charge in [-0.1, -0.05) is 13.3 Å². The maximum absolute atomic E-state index is 13.8. The molecule has 0 fully saturated rings. The molecular formula is C11H12ClF2NO3S. The molecule has 0 saturated heterocycles. The monoisotopic (exact) mass is 311 g/mol. The van der Waals surface area contributed by atoms with Crippen molar-refractivity contribution in [1.29, 1.82) is 0 Å². The molecule has 0 aliphatic heterocycles. The molecule has 1 rings (SSSR count). The second-order valence-electron chi connectivity index (χ2n) is 3.78. The molecular weight excluding hydrogens is 300 g/mol. The van der Waals surface area contributed by atoms with Crippen LogP contribution in [0.2, 0.25) is 0 Å². The van der Waals surface area contributed by atoms with Crippen LogP contribution >= 0.6 is 10.7 Å². The third-order valence-electron chi connectivity index (χ3n) is 2.36. The topological polar surface area (TPSA) is 63.2 Å². The van der Waals surface area contributed by atoms with Crippen LogP contribution in [0, 0.1) is 11.6 Å². The van der Waals surface area contributed by atoms with E-state index in [9.17, 15) is 22.0 Å². The van der Waals surface area contributed by atoms with E-state index in [0.29, 0.717) is 18.6 Å². The fraction of sp³-hybridized carbons (Fsp3) is 0.364. The Hall–Kier alpha value is -1.21. The van der Waals surface area contributed by atoms with Crippen LogP contribution in [0.3, 0.4) is 0 Å². The zero-order chi connectivity index (χ0) is 14.6. The van der Waals surface area contributed by atoms with Crippen LogP contribution in [0.4, 0.5) is 8.78 Å². The Morgan fingerprint density at radius 3 is 2.53 bits per heavy atom. The van der Waals surface area contributed by atoms with Gasteiger partial charge in [-0.05, 0) is 18.6 Å². The van der Waals surface area contributed by atoms with Gasteiger partial charge in [-0.15, -0.1) is 0 Å². The molecule has 19 heavy (non-hydrogen) atoms. The van der Waals surface area contributed by atoms with Crippen LogP contribution in [-0.4, -0.2) is 20.9 Å². The minimum Gasteiger partial charge on any atom is -0.352 e. The third-order valence-corrected chi connectivity index (χ3v) is 3.70. The van der Waals surface area contributed by atoms with Crippen LogP contribution in [0.1, 0.15) is 30.1 Å². The van der Waals surface area contributed by atoms with E-state index in [1.165, 1.54) is 0 Å². The van der Waals surface area contributed by atoms with E-state index in [2.05, 4.69) is 5.32 Å². The summed E-state index contributed by atoms with van der Waals surface area (Å²) in [6.07, 6.45) is 1.43. The Bertz CT molecular complexity index is 590. The summed E-state index contributed by atoms with van der Waals surface area (Å²) in [6.45, 7) is 2.13. The normalized spacial score (nSPS) is 11.4. The summed E-state index contributed by atoms with van der Waals surface area (Å²) in [5, 5.41) is 2.30. The second-order valence-corrected chi connectivity index (χ2v) is 6.32. The number of carbonyl (C=O) groups is 1. The molecule has 0 aliphatic carbocycles. The first-order chi connectivity index (χ1) is 8.79. The van der Waals surface area contributed by atoms with Crippen LogP contribution in [0.15, 0.2) is 17.0 Å². The van der Waals surface area contributed by atoms with Gasteiger partial charge >= 0.3 is 0 Å². The van der Waals surface area contributed by atoms with Crippen molar-refractivity contribution in [3.05, 3.63) is 29.3 Å². The van der Waals surface area contributed by atoms with E-state index < -0.39 is 37.1 Å². The molecule has 4 nitrogen and oxygen atoms in total. The molecule has 1 amide bonds. The van der Waals surface area contributed by atoms with E-state index >= 15 is 0 Å². The molecule has 1 aromatic carbocycles. The van der Waals surface area contributed by atoms with Crippen LogP contribution in [0.5, 0.6) is 0 Å². The van der Waals surface area contributed by atoms with Gasteiger partial charge < -0.3 is 5.32 Å². The van der Waals surface area contributed by atoms with Crippen molar-refractivity contribution in [3.63, 3.8) is 0 Å². The van der Waals surface area contributed by atoms with Gasteiger partial charge in [0.05, 0.1) is 0 Å². The number of hydrogen-bond donors (Lipinski definition) is 1. The molecule has 0 spiro atoms. The van der Waals surface area contributed by atoms with Crippen molar-refractivity contribution in [2.45, 2.75) is 24.7 Å². The standard InChI is InChI=1S/C11H12ClF2NO3S/c1-2-3-6-15-11(16)9-7(13)4-5-8(10(9)14)19(12,17)18/h4-5H,2-3,6H2,1H3,(H,15,16). The molecule has 1 aromatic rings. The fourth-order valence-corrected chi connectivity index (χ4v) is 2.30. The van der Waals surface area contributed by atoms with Crippen LogP contribution in [0.25, 0.3) is 0 Å². The first kappa shape index (κ1) is 15.8. The Morgan fingerprint density at radius 1 is 1.37 bits per heavy atom. The minimum absolute atomic E-state index is 0.242. The lowest BCUT2D eigenvalue weighted by Gasteiger charge is -2.08.